The van der Waals surface area contributed by atoms with Crippen LogP contribution in [0.25, 0.3) is 10.9 Å². The van der Waals surface area contributed by atoms with E-state index in [4.69, 9.17) is 4.74 Å². The monoisotopic (exact) mass is 335 g/mol. The molecule has 4 heteroatoms. The first kappa shape index (κ1) is 16.3. The van der Waals surface area contributed by atoms with Gasteiger partial charge in [0.1, 0.15) is 0 Å². The lowest BCUT2D eigenvalue weighted by Gasteiger charge is -2.30. The van der Waals surface area contributed by atoms with Gasteiger partial charge < -0.3 is 4.74 Å². The SMILES string of the molecule is c1ccc(CN(Cc2ccc3cn[nH]c3c2)CC2CCOCC2)cc1. The second-order valence-electron chi connectivity index (χ2n) is 7.00. The molecule has 0 unspecified atom stereocenters. The van der Waals surface area contributed by atoms with E-state index in [9.17, 15) is 0 Å². The number of aromatic amines is 1. The van der Waals surface area contributed by atoms with E-state index >= 15 is 0 Å². The first-order valence-electron chi connectivity index (χ1n) is 9.13. The van der Waals surface area contributed by atoms with Gasteiger partial charge in [-0.05, 0) is 36.0 Å². The molecular formula is C21H25N3O. The Kier molecular flexibility index (Phi) is 5.09. The molecule has 4 nitrogen and oxygen atoms in total. The summed E-state index contributed by atoms with van der Waals surface area (Å²) in [5, 5.41) is 8.38. The summed E-state index contributed by atoms with van der Waals surface area (Å²) < 4.78 is 5.53. The molecule has 2 aromatic carbocycles. The standard InChI is InChI=1S/C21H25N3O/c1-2-4-17(5-3-1)14-24(15-18-8-10-25-11-9-18)16-19-6-7-20-13-22-23-21(20)12-19/h1-7,12-13,18H,8-11,14-16H2,(H,22,23). The minimum Gasteiger partial charge on any atom is -0.381 e. The van der Waals surface area contributed by atoms with E-state index in [1.165, 1.54) is 29.4 Å². The topological polar surface area (TPSA) is 41.2 Å². The highest BCUT2D eigenvalue weighted by atomic mass is 16.5. The van der Waals surface area contributed by atoms with E-state index in [0.717, 1.165) is 44.3 Å². The third-order valence-corrected chi connectivity index (χ3v) is 5.02. The van der Waals surface area contributed by atoms with Crippen LogP contribution in [0.5, 0.6) is 0 Å². The molecule has 1 aliphatic rings. The van der Waals surface area contributed by atoms with Crippen molar-refractivity contribution in [2.45, 2.75) is 25.9 Å². The molecule has 0 aliphatic carbocycles. The van der Waals surface area contributed by atoms with Crippen LogP contribution in [0.2, 0.25) is 0 Å². The van der Waals surface area contributed by atoms with Crippen molar-refractivity contribution in [3.8, 4) is 0 Å². The number of hydrogen-bond acceptors (Lipinski definition) is 3. The van der Waals surface area contributed by atoms with Crippen LogP contribution in [0.4, 0.5) is 0 Å². The normalized spacial score (nSPS) is 15.9. The molecule has 4 rings (SSSR count). The summed E-state index contributed by atoms with van der Waals surface area (Å²) in [4.78, 5) is 2.57. The van der Waals surface area contributed by atoms with Gasteiger partial charge in [0.15, 0.2) is 0 Å². The molecule has 25 heavy (non-hydrogen) atoms. The number of fused-ring (bicyclic) bond motifs is 1. The summed E-state index contributed by atoms with van der Waals surface area (Å²) in [6, 6.07) is 17.4. The van der Waals surface area contributed by atoms with E-state index in [0.29, 0.717) is 0 Å². The lowest BCUT2D eigenvalue weighted by Crippen LogP contribution is -2.31. The van der Waals surface area contributed by atoms with Gasteiger partial charge >= 0.3 is 0 Å². The van der Waals surface area contributed by atoms with Crippen LogP contribution in [-0.2, 0) is 17.8 Å². The fraction of sp³-hybridized carbons (Fsp3) is 0.381. The van der Waals surface area contributed by atoms with E-state index in [-0.39, 0.29) is 0 Å². The van der Waals surface area contributed by atoms with Gasteiger partial charge in [-0.3, -0.25) is 10.00 Å². The summed E-state index contributed by atoms with van der Waals surface area (Å²) in [5.74, 6) is 0.730. The molecule has 0 radical (unpaired) electrons. The van der Waals surface area contributed by atoms with Crippen molar-refractivity contribution in [1.29, 1.82) is 0 Å². The number of hydrogen-bond donors (Lipinski definition) is 1. The third-order valence-electron chi connectivity index (χ3n) is 5.02. The number of aromatic nitrogens is 2. The zero-order valence-corrected chi connectivity index (χ0v) is 14.5. The molecule has 0 bridgehead atoms. The number of ether oxygens (including phenoxy) is 1. The van der Waals surface area contributed by atoms with Gasteiger partial charge in [0, 0.05) is 38.2 Å². The zero-order valence-electron chi connectivity index (χ0n) is 14.5. The molecular weight excluding hydrogens is 310 g/mol. The Labute approximate surface area is 148 Å². The first-order valence-corrected chi connectivity index (χ1v) is 9.13. The predicted octanol–water partition coefficient (Wildman–Crippen LogP) is 3.99. The summed E-state index contributed by atoms with van der Waals surface area (Å²) in [6.07, 6.45) is 4.22. The van der Waals surface area contributed by atoms with Gasteiger partial charge in [-0.1, -0.05) is 42.5 Å². The Morgan fingerprint density at radius 1 is 1.00 bits per heavy atom. The van der Waals surface area contributed by atoms with Crippen LogP contribution < -0.4 is 0 Å². The van der Waals surface area contributed by atoms with Gasteiger partial charge in [-0.25, -0.2) is 0 Å². The second kappa shape index (κ2) is 7.81. The fourth-order valence-electron chi connectivity index (χ4n) is 3.66. The zero-order chi connectivity index (χ0) is 16.9. The Hall–Kier alpha value is -2.17. The van der Waals surface area contributed by atoms with E-state index < -0.39 is 0 Å². The molecule has 1 saturated heterocycles. The van der Waals surface area contributed by atoms with E-state index in [1.807, 2.05) is 6.20 Å². The fourth-order valence-corrected chi connectivity index (χ4v) is 3.66. The van der Waals surface area contributed by atoms with Gasteiger partial charge in [-0.15, -0.1) is 0 Å². The maximum atomic E-state index is 5.53. The second-order valence-corrected chi connectivity index (χ2v) is 7.00. The van der Waals surface area contributed by atoms with Crippen LogP contribution in [0.3, 0.4) is 0 Å². The highest BCUT2D eigenvalue weighted by molar-refractivity contribution is 5.78. The van der Waals surface area contributed by atoms with Crippen molar-refractivity contribution >= 4 is 10.9 Å². The predicted molar refractivity (Wildman–Crippen MR) is 100 cm³/mol. The number of nitrogens with zero attached hydrogens (tertiary/aromatic N) is 2. The average Bonchev–Trinajstić information content (AvgIpc) is 3.11. The van der Waals surface area contributed by atoms with Crippen molar-refractivity contribution < 1.29 is 4.74 Å². The van der Waals surface area contributed by atoms with Crippen molar-refractivity contribution in [2.75, 3.05) is 19.8 Å². The average molecular weight is 335 g/mol. The summed E-state index contributed by atoms with van der Waals surface area (Å²) in [6.45, 7) is 4.88. The summed E-state index contributed by atoms with van der Waals surface area (Å²) in [7, 11) is 0. The molecule has 0 atom stereocenters. The smallest absolute Gasteiger partial charge is 0.0653 e. The van der Waals surface area contributed by atoms with E-state index in [2.05, 4.69) is 63.6 Å². The van der Waals surface area contributed by atoms with Gasteiger partial charge in [0.2, 0.25) is 0 Å². The molecule has 1 N–H and O–H groups in total. The molecule has 0 amide bonds. The molecule has 1 fully saturated rings. The largest absolute Gasteiger partial charge is 0.381 e. The summed E-state index contributed by atoms with van der Waals surface area (Å²) in [5.41, 5.74) is 3.82. The Balaban J connectivity index is 1.50. The number of benzene rings is 2. The Morgan fingerprint density at radius 3 is 2.64 bits per heavy atom. The number of rotatable bonds is 6. The quantitative estimate of drug-likeness (QED) is 0.740. The van der Waals surface area contributed by atoms with Crippen LogP contribution in [0, 0.1) is 5.92 Å². The Bertz CT molecular complexity index is 793. The highest BCUT2D eigenvalue weighted by Crippen LogP contribution is 2.20. The molecule has 1 aromatic heterocycles. The lowest BCUT2D eigenvalue weighted by atomic mass is 9.99. The first-order chi connectivity index (χ1) is 12.4. The lowest BCUT2D eigenvalue weighted by molar-refractivity contribution is 0.0502. The van der Waals surface area contributed by atoms with Crippen LogP contribution >= 0.6 is 0 Å². The maximum absolute atomic E-state index is 5.53. The van der Waals surface area contributed by atoms with Crippen molar-refractivity contribution in [2.24, 2.45) is 5.92 Å². The van der Waals surface area contributed by atoms with Crippen LogP contribution in [0.1, 0.15) is 24.0 Å². The van der Waals surface area contributed by atoms with Gasteiger partial charge in [0.05, 0.1) is 11.7 Å². The number of H-pyrrole nitrogens is 1. The van der Waals surface area contributed by atoms with Crippen LogP contribution in [-0.4, -0.2) is 34.9 Å². The minimum atomic E-state index is 0.730. The molecule has 0 saturated carbocycles. The van der Waals surface area contributed by atoms with Crippen molar-refractivity contribution in [1.82, 2.24) is 15.1 Å². The molecule has 0 spiro atoms. The Morgan fingerprint density at radius 2 is 1.80 bits per heavy atom. The van der Waals surface area contributed by atoms with E-state index in [1.54, 1.807) is 0 Å². The number of nitrogens with one attached hydrogen (secondary N) is 1. The van der Waals surface area contributed by atoms with Crippen molar-refractivity contribution in [3.05, 3.63) is 65.9 Å². The molecule has 130 valence electrons. The molecule has 2 heterocycles. The molecule has 1 aliphatic heterocycles. The van der Waals surface area contributed by atoms with Gasteiger partial charge in [-0.2, -0.15) is 5.10 Å². The third kappa shape index (κ3) is 4.27. The molecule has 3 aromatic rings. The van der Waals surface area contributed by atoms with Gasteiger partial charge in [0.25, 0.3) is 0 Å². The minimum absolute atomic E-state index is 0.730. The maximum Gasteiger partial charge on any atom is 0.0653 e. The highest BCUT2D eigenvalue weighted by Gasteiger charge is 2.18. The van der Waals surface area contributed by atoms with Crippen molar-refractivity contribution in [3.63, 3.8) is 0 Å². The summed E-state index contributed by atoms with van der Waals surface area (Å²) >= 11 is 0. The van der Waals surface area contributed by atoms with Crippen LogP contribution in [0.15, 0.2) is 54.7 Å².